The quantitative estimate of drug-likeness (QED) is 0.796. The third-order valence-electron chi connectivity index (χ3n) is 3.05. The fourth-order valence-corrected chi connectivity index (χ4v) is 2.52. The van der Waals surface area contributed by atoms with Gasteiger partial charge in [0, 0.05) is 19.3 Å². The predicted octanol–water partition coefficient (Wildman–Crippen LogP) is 2.58. The normalized spacial score (nSPS) is 10.1. The fourth-order valence-electron chi connectivity index (χ4n) is 1.97. The van der Waals surface area contributed by atoms with Crippen molar-refractivity contribution < 1.29 is 4.79 Å². The van der Waals surface area contributed by atoms with E-state index >= 15 is 0 Å². The van der Waals surface area contributed by atoms with Gasteiger partial charge in [-0.1, -0.05) is 30.0 Å². The molecule has 0 N–H and O–H groups in total. The zero-order valence-corrected chi connectivity index (χ0v) is 12.8. The molecule has 0 saturated carbocycles. The van der Waals surface area contributed by atoms with Gasteiger partial charge in [-0.25, -0.2) is 4.98 Å². The van der Waals surface area contributed by atoms with Gasteiger partial charge >= 0.3 is 0 Å². The van der Waals surface area contributed by atoms with Crippen molar-refractivity contribution in [3.8, 4) is 11.8 Å². The lowest BCUT2D eigenvalue weighted by Crippen LogP contribution is -2.29. The molecular weight excluding hydrogens is 284 g/mol. The summed E-state index contributed by atoms with van der Waals surface area (Å²) < 4.78 is 1.84. The van der Waals surface area contributed by atoms with Crippen LogP contribution in [0.2, 0.25) is 0 Å². The van der Waals surface area contributed by atoms with E-state index in [4.69, 9.17) is 5.26 Å². The zero-order chi connectivity index (χ0) is 15.2. The number of hydrogen-bond donors (Lipinski definition) is 0. The second-order valence-corrected chi connectivity index (χ2v) is 5.21. The monoisotopic (exact) mass is 300 g/mol. The molecule has 0 saturated heterocycles. The van der Waals surface area contributed by atoms with E-state index in [2.05, 4.69) is 4.98 Å². The predicted molar refractivity (Wildman–Crippen MR) is 82.5 cm³/mol. The number of para-hydroxylation sites is 1. The number of carbonyl (C=O) groups is 1. The zero-order valence-electron chi connectivity index (χ0n) is 12.0. The van der Waals surface area contributed by atoms with E-state index < -0.39 is 0 Å². The average molecular weight is 300 g/mol. The summed E-state index contributed by atoms with van der Waals surface area (Å²) in [5, 5.41) is 9.40. The molecule has 1 heterocycles. The second kappa shape index (κ2) is 6.95. The maximum Gasteiger partial charge on any atom is 0.272 e. The van der Waals surface area contributed by atoms with Crippen LogP contribution in [0.3, 0.4) is 0 Å². The molecule has 6 heteroatoms. The molecule has 0 radical (unpaired) electrons. The third kappa shape index (κ3) is 3.26. The lowest BCUT2D eigenvalue weighted by Gasteiger charge is -2.17. The molecule has 108 valence electrons. The van der Waals surface area contributed by atoms with Crippen LogP contribution in [0.15, 0.2) is 41.7 Å². The number of imidazole rings is 1. The highest BCUT2D eigenvalue weighted by molar-refractivity contribution is 7.98. The average Bonchev–Trinajstić information content (AvgIpc) is 2.96. The van der Waals surface area contributed by atoms with E-state index in [1.165, 1.54) is 11.8 Å². The number of carbonyl (C=O) groups excluding carboxylic acids is 1. The standard InChI is InChI=1S/C15H16N4OS/c1-18(10-6-9-16)14(20)13-11-17-15(21-2)19(13)12-7-4-3-5-8-12/h3-5,7-8,11H,6,10H2,1-2H3. The Bertz CT molecular complexity index is 660. The smallest absolute Gasteiger partial charge is 0.272 e. The molecule has 21 heavy (non-hydrogen) atoms. The Hall–Kier alpha value is -2.26. The molecule has 5 nitrogen and oxygen atoms in total. The number of hydrogen-bond acceptors (Lipinski definition) is 4. The third-order valence-corrected chi connectivity index (χ3v) is 3.70. The van der Waals surface area contributed by atoms with Gasteiger partial charge in [0.25, 0.3) is 5.91 Å². The van der Waals surface area contributed by atoms with Crippen LogP contribution in [-0.2, 0) is 0 Å². The highest BCUT2D eigenvalue weighted by atomic mass is 32.2. The van der Waals surface area contributed by atoms with E-state index in [0.29, 0.717) is 18.7 Å². The van der Waals surface area contributed by atoms with E-state index in [1.807, 2.05) is 47.2 Å². The highest BCUT2D eigenvalue weighted by Crippen LogP contribution is 2.22. The molecule has 1 aromatic heterocycles. The van der Waals surface area contributed by atoms with Gasteiger partial charge in [0.2, 0.25) is 0 Å². The molecule has 0 bridgehead atoms. The van der Waals surface area contributed by atoms with Crippen molar-refractivity contribution in [3.05, 3.63) is 42.2 Å². The van der Waals surface area contributed by atoms with E-state index in [9.17, 15) is 4.79 Å². The SMILES string of the molecule is CSc1ncc(C(=O)N(C)CCC#N)n1-c1ccccc1. The molecular formula is C15H16N4OS. The lowest BCUT2D eigenvalue weighted by atomic mass is 10.3. The maximum atomic E-state index is 12.5. The van der Waals surface area contributed by atoms with Crippen LogP contribution < -0.4 is 0 Å². The van der Waals surface area contributed by atoms with Crippen LogP contribution in [-0.4, -0.2) is 40.2 Å². The number of thioether (sulfide) groups is 1. The van der Waals surface area contributed by atoms with E-state index in [1.54, 1.807) is 18.1 Å². The summed E-state index contributed by atoms with van der Waals surface area (Å²) in [5.74, 6) is -0.137. The van der Waals surface area contributed by atoms with Gasteiger partial charge in [-0.2, -0.15) is 5.26 Å². The first-order valence-electron chi connectivity index (χ1n) is 6.48. The Balaban J connectivity index is 2.39. The number of aromatic nitrogens is 2. The molecule has 0 spiro atoms. The largest absolute Gasteiger partial charge is 0.339 e. The van der Waals surface area contributed by atoms with Gasteiger partial charge in [-0.3, -0.25) is 9.36 Å². The minimum atomic E-state index is -0.137. The van der Waals surface area contributed by atoms with Crippen LogP contribution in [0.1, 0.15) is 16.9 Å². The summed E-state index contributed by atoms with van der Waals surface area (Å²) in [6, 6.07) is 11.7. The van der Waals surface area contributed by atoms with Crippen molar-refractivity contribution in [2.45, 2.75) is 11.6 Å². The summed E-state index contributed by atoms with van der Waals surface area (Å²) in [7, 11) is 1.70. The first-order valence-corrected chi connectivity index (χ1v) is 7.71. The van der Waals surface area contributed by atoms with Crippen LogP contribution in [0.25, 0.3) is 5.69 Å². The lowest BCUT2D eigenvalue weighted by molar-refractivity contribution is 0.0789. The topological polar surface area (TPSA) is 61.9 Å². The molecule has 2 aromatic rings. The second-order valence-electron chi connectivity index (χ2n) is 4.44. The van der Waals surface area contributed by atoms with Crippen molar-refractivity contribution in [3.63, 3.8) is 0 Å². The van der Waals surface area contributed by atoms with Crippen LogP contribution >= 0.6 is 11.8 Å². The fraction of sp³-hybridized carbons (Fsp3) is 0.267. The molecule has 0 unspecified atom stereocenters. The number of benzene rings is 1. The van der Waals surface area contributed by atoms with Crippen molar-refractivity contribution in [2.75, 3.05) is 19.8 Å². The van der Waals surface area contributed by atoms with Gasteiger partial charge < -0.3 is 4.90 Å². The first kappa shape index (κ1) is 15.1. The van der Waals surface area contributed by atoms with Gasteiger partial charge in [0.05, 0.1) is 18.7 Å². The summed E-state index contributed by atoms with van der Waals surface area (Å²) in [5.41, 5.74) is 1.40. The molecule has 0 aliphatic rings. The molecule has 0 atom stereocenters. The molecule has 1 amide bonds. The molecule has 2 rings (SSSR count). The maximum absolute atomic E-state index is 12.5. The summed E-state index contributed by atoms with van der Waals surface area (Å²) in [4.78, 5) is 18.4. The summed E-state index contributed by atoms with van der Waals surface area (Å²) >= 11 is 1.49. The minimum absolute atomic E-state index is 0.137. The van der Waals surface area contributed by atoms with Crippen molar-refractivity contribution in [1.82, 2.24) is 14.5 Å². The van der Waals surface area contributed by atoms with Crippen molar-refractivity contribution in [1.29, 1.82) is 5.26 Å². The number of rotatable bonds is 5. The first-order chi connectivity index (χ1) is 10.2. The Kier molecular flexibility index (Phi) is 5.01. The Labute approximate surface area is 128 Å². The highest BCUT2D eigenvalue weighted by Gasteiger charge is 2.20. The Morgan fingerprint density at radius 2 is 2.14 bits per heavy atom. The number of nitrogens with zero attached hydrogens (tertiary/aromatic N) is 4. The van der Waals surface area contributed by atoms with E-state index in [-0.39, 0.29) is 5.91 Å². The van der Waals surface area contributed by atoms with Gasteiger partial charge in [0.1, 0.15) is 5.69 Å². The minimum Gasteiger partial charge on any atom is -0.339 e. The van der Waals surface area contributed by atoms with Crippen LogP contribution in [0.4, 0.5) is 0 Å². The van der Waals surface area contributed by atoms with Crippen molar-refractivity contribution in [2.24, 2.45) is 0 Å². The molecule has 1 aromatic carbocycles. The number of amides is 1. The molecule has 0 aliphatic carbocycles. The van der Waals surface area contributed by atoms with Crippen molar-refractivity contribution >= 4 is 17.7 Å². The van der Waals surface area contributed by atoms with Gasteiger partial charge in [0.15, 0.2) is 5.16 Å². The summed E-state index contributed by atoms with van der Waals surface area (Å²) in [6.07, 6.45) is 3.83. The van der Waals surface area contributed by atoms with E-state index in [0.717, 1.165) is 10.8 Å². The van der Waals surface area contributed by atoms with Gasteiger partial charge in [-0.15, -0.1) is 0 Å². The summed E-state index contributed by atoms with van der Waals surface area (Å²) in [6.45, 7) is 0.407. The molecule has 0 fully saturated rings. The molecule has 0 aliphatic heterocycles. The Morgan fingerprint density at radius 3 is 2.76 bits per heavy atom. The van der Waals surface area contributed by atoms with Crippen LogP contribution in [0.5, 0.6) is 0 Å². The number of nitriles is 1. The van der Waals surface area contributed by atoms with Crippen LogP contribution in [0, 0.1) is 11.3 Å². The van der Waals surface area contributed by atoms with Gasteiger partial charge in [-0.05, 0) is 18.4 Å². The Morgan fingerprint density at radius 1 is 1.43 bits per heavy atom.